The van der Waals surface area contributed by atoms with E-state index >= 15 is 0 Å². The molecular weight excluding hydrogens is 403 g/mol. The molecule has 168 valence electrons. The van der Waals surface area contributed by atoms with Crippen molar-refractivity contribution in [3.8, 4) is 0 Å². The zero-order chi connectivity index (χ0) is 21.7. The minimum Gasteiger partial charge on any atom is -0.379 e. The Balaban J connectivity index is 0.000000254. The van der Waals surface area contributed by atoms with E-state index < -0.39 is 0 Å². The van der Waals surface area contributed by atoms with Crippen LogP contribution in [0.4, 0.5) is 0 Å². The summed E-state index contributed by atoms with van der Waals surface area (Å²) in [7, 11) is -0.367. The average molecular weight is 441 g/mol. The van der Waals surface area contributed by atoms with Crippen molar-refractivity contribution in [1.29, 1.82) is 0 Å². The Morgan fingerprint density at radius 3 is 2.13 bits per heavy atom. The van der Waals surface area contributed by atoms with Crippen molar-refractivity contribution in [1.82, 2.24) is 10.2 Å². The van der Waals surface area contributed by atoms with Crippen LogP contribution in [0.25, 0.3) is 0 Å². The fourth-order valence-electron chi connectivity index (χ4n) is 4.11. The van der Waals surface area contributed by atoms with Crippen LogP contribution in [0.3, 0.4) is 0 Å². The maximum absolute atomic E-state index is 5.55. The lowest BCUT2D eigenvalue weighted by molar-refractivity contribution is 0.0309. The van der Waals surface area contributed by atoms with Crippen LogP contribution >= 0.6 is 7.92 Å². The highest BCUT2D eigenvalue weighted by Gasteiger charge is 2.29. The molecule has 31 heavy (non-hydrogen) atoms. The fourth-order valence-corrected chi connectivity index (χ4v) is 7.00. The summed E-state index contributed by atoms with van der Waals surface area (Å²) in [5.74, 6) is 0.587. The van der Waals surface area contributed by atoms with E-state index in [1.54, 1.807) is 0 Å². The number of ether oxygens (including phenoxy) is 2. The van der Waals surface area contributed by atoms with Gasteiger partial charge < -0.3 is 14.8 Å². The molecule has 0 bridgehead atoms. The molecule has 5 heteroatoms. The first-order valence-electron chi connectivity index (χ1n) is 11.5. The predicted octanol–water partition coefficient (Wildman–Crippen LogP) is 3.74. The second kappa shape index (κ2) is 13.8. The molecule has 0 aromatic heterocycles. The molecule has 4 nitrogen and oxygen atoms in total. The zero-order valence-corrected chi connectivity index (χ0v) is 19.7. The topological polar surface area (TPSA) is 33.7 Å². The third-order valence-electron chi connectivity index (χ3n) is 5.63. The molecule has 2 unspecified atom stereocenters. The molecule has 2 fully saturated rings. The van der Waals surface area contributed by atoms with E-state index in [1.807, 2.05) is 6.08 Å². The van der Waals surface area contributed by atoms with Gasteiger partial charge in [-0.25, -0.2) is 0 Å². The van der Waals surface area contributed by atoms with Gasteiger partial charge in [-0.2, -0.15) is 0 Å². The summed E-state index contributed by atoms with van der Waals surface area (Å²) >= 11 is 0. The van der Waals surface area contributed by atoms with E-state index in [-0.39, 0.29) is 7.92 Å². The fraction of sp³-hybridized carbons (Fsp3) is 0.462. The molecule has 4 rings (SSSR count). The Hall–Kier alpha value is -1.55. The monoisotopic (exact) mass is 440 g/mol. The largest absolute Gasteiger partial charge is 0.379 e. The van der Waals surface area contributed by atoms with Crippen LogP contribution < -0.4 is 15.9 Å². The Labute approximate surface area is 189 Å². The van der Waals surface area contributed by atoms with Gasteiger partial charge in [0.2, 0.25) is 0 Å². The zero-order valence-electron chi connectivity index (χ0n) is 18.8. The summed E-state index contributed by atoms with van der Waals surface area (Å²) in [6, 6.07) is 22.1. The number of nitrogens with one attached hydrogen (secondary N) is 1. The van der Waals surface area contributed by atoms with Crippen molar-refractivity contribution in [3.05, 3.63) is 73.3 Å². The minimum absolute atomic E-state index is 0.367. The molecule has 2 aliphatic rings. The molecule has 2 heterocycles. The van der Waals surface area contributed by atoms with Crippen LogP contribution in [0.2, 0.25) is 0 Å². The van der Waals surface area contributed by atoms with Crippen molar-refractivity contribution < 1.29 is 9.47 Å². The van der Waals surface area contributed by atoms with Gasteiger partial charge in [0, 0.05) is 32.0 Å². The van der Waals surface area contributed by atoms with Crippen LogP contribution in [0.15, 0.2) is 73.3 Å². The molecule has 0 radical (unpaired) electrons. The van der Waals surface area contributed by atoms with Crippen molar-refractivity contribution in [2.75, 3.05) is 46.0 Å². The normalized spacial score (nSPS) is 20.5. The van der Waals surface area contributed by atoms with Gasteiger partial charge in [0.1, 0.15) is 0 Å². The molecule has 0 saturated carbocycles. The molecule has 0 amide bonds. The van der Waals surface area contributed by atoms with Gasteiger partial charge in [-0.1, -0.05) is 73.7 Å². The van der Waals surface area contributed by atoms with Gasteiger partial charge in [0.15, 0.2) is 0 Å². The number of hydrogen-bond acceptors (Lipinski definition) is 4. The summed E-state index contributed by atoms with van der Waals surface area (Å²) in [5, 5.41) is 6.20. The third-order valence-corrected chi connectivity index (χ3v) is 8.63. The van der Waals surface area contributed by atoms with Gasteiger partial charge >= 0.3 is 0 Å². The predicted molar refractivity (Wildman–Crippen MR) is 133 cm³/mol. The van der Waals surface area contributed by atoms with Crippen molar-refractivity contribution >= 4 is 18.5 Å². The molecule has 2 saturated heterocycles. The molecule has 0 spiro atoms. The molecule has 2 atom stereocenters. The van der Waals surface area contributed by atoms with E-state index in [2.05, 4.69) is 84.4 Å². The maximum Gasteiger partial charge on any atom is 0.0734 e. The number of rotatable bonds is 7. The highest BCUT2D eigenvalue weighted by Crippen LogP contribution is 2.42. The summed E-state index contributed by atoms with van der Waals surface area (Å²) in [6.45, 7) is 12.6. The number of morpholine rings is 2. The Kier molecular flexibility index (Phi) is 10.7. The summed E-state index contributed by atoms with van der Waals surface area (Å²) in [4.78, 5) is 2.63. The Morgan fingerprint density at radius 1 is 1.03 bits per heavy atom. The van der Waals surface area contributed by atoms with Gasteiger partial charge in [-0.3, -0.25) is 4.90 Å². The van der Waals surface area contributed by atoms with E-state index in [4.69, 9.17) is 9.47 Å². The first kappa shape index (κ1) is 24.1. The first-order chi connectivity index (χ1) is 15.3. The lowest BCUT2D eigenvalue weighted by Gasteiger charge is -2.39. The molecule has 0 aliphatic carbocycles. The Morgan fingerprint density at radius 2 is 1.65 bits per heavy atom. The van der Waals surface area contributed by atoms with E-state index in [1.165, 1.54) is 17.0 Å². The standard InChI is InChI=1S/C19H24NOP.C7H13NO/c1-2-19(20-13-15-21-16-14-20)22(17-9-5-3-6-10-17)18-11-7-4-8-12-18;1-2-3-7-6-8-4-5-9-7/h3-12,19H,2,13-16H2,1H3;2,7-8H,1,3-6H2. The highest BCUT2D eigenvalue weighted by atomic mass is 31.1. The summed E-state index contributed by atoms with van der Waals surface area (Å²) in [6.07, 6.45) is 4.41. The average Bonchev–Trinajstić information content (AvgIpc) is 2.85. The molecule has 1 N–H and O–H groups in total. The maximum atomic E-state index is 5.55. The SMILES string of the molecule is C=CCC1CNCCO1.CCC(N1CCOCC1)P(c1ccccc1)c1ccccc1. The lowest BCUT2D eigenvalue weighted by Crippen LogP contribution is -2.44. The first-order valence-corrected chi connectivity index (χ1v) is 12.9. The quantitative estimate of drug-likeness (QED) is 0.525. The van der Waals surface area contributed by atoms with Gasteiger partial charge in [0.25, 0.3) is 0 Å². The molecule has 2 aromatic carbocycles. The minimum atomic E-state index is -0.367. The van der Waals surface area contributed by atoms with Crippen molar-refractivity contribution in [2.45, 2.75) is 31.7 Å². The van der Waals surface area contributed by atoms with E-state index in [0.29, 0.717) is 11.9 Å². The smallest absolute Gasteiger partial charge is 0.0734 e. The summed E-state index contributed by atoms with van der Waals surface area (Å²) < 4.78 is 10.9. The molecule has 2 aliphatic heterocycles. The summed E-state index contributed by atoms with van der Waals surface area (Å²) in [5.41, 5.74) is 0. The van der Waals surface area contributed by atoms with Gasteiger partial charge in [-0.05, 0) is 31.4 Å². The van der Waals surface area contributed by atoms with Crippen molar-refractivity contribution in [3.63, 3.8) is 0 Å². The second-order valence-electron chi connectivity index (χ2n) is 7.80. The van der Waals surface area contributed by atoms with E-state index in [0.717, 1.165) is 52.4 Å². The van der Waals surface area contributed by atoms with Crippen LogP contribution in [0, 0.1) is 0 Å². The van der Waals surface area contributed by atoms with Crippen LogP contribution in [-0.4, -0.2) is 62.8 Å². The number of nitrogens with zero attached hydrogens (tertiary/aromatic N) is 1. The lowest BCUT2D eigenvalue weighted by atomic mass is 10.2. The van der Waals surface area contributed by atoms with Crippen LogP contribution in [-0.2, 0) is 9.47 Å². The Bertz CT molecular complexity index is 692. The van der Waals surface area contributed by atoms with Crippen LogP contribution in [0.1, 0.15) is 19.8 Å². The van der Waals surface area contributed by atoms with Gasteiger partial charge in [-0.15, -0.1) is 6.58 Å². The highest BCUT2D eigenvalue weighted by molar-refractivity contribution is 7.73. The number of benzene rings is 2. The van der Waals surface area contributed by atoms with Crippen molar-refractivity contribution in [2.24, 2.45) is 0 Å². The second-order valence-corrected chi connectivity index (χ2v) is 10.2. The van der Waals surface area contributed by atoms with Gasteiger partial charge in [0.05, 0.1) is 25.9 Å². The van der Waals surface area contributed by atoms with Crippen LogP contribution in [0.5, 0.6) is 0 Å². The number of hydrogen-bond donors (Lipinski definition) is 1. The third kappa shape index (κ3) is 7.52. The molecule has 2 aromatic rings. The molecular formula is C26H37N2O2P. The van der Waals surface area contributed by atoms with E-state index in [9.17, 15) is 0 Å².